The van der Waals surface area contributed by atoms with Gasteiger partial charge >= 0.3 is 11.9 Å². The van der Waals surface area contributed by atoms with Gasteiger partial charge in [-0.15, -0.1) is 0 Å². The standard InChI is InChI=1S/C13H17N3O2.C12H15N3O2/c1-4-5-6-16(2)12-8-10(13(17)18-3)7-11(9-14)15-12;1-3-4-5-15(2)11-7-9(12(16)17)6-10(8-13)14-11/h7-8H,4-6H2,1-3H3;6-7H,3-5H2,1-2H3,(H,16,17). The van der Waals surface area contributed by atoms with E-state index >= 15 is 0 Å². The quantitative estimate of drug-likeness (QED) is 0.498. The minimum atomic E-state index is -1.05. The molecule has 35 heavy (non-hydrogen) atoms. The van der Waals surface area contributed by atoms with Gasteiger partial charge in [-0.1, -0.05) is 26.7 Å². The highest BCUT2D eigenvalue weighted by atomic mass is 16.5. The van der Waals surface area contributed by atoms with Crippen molar-refractivity contribution in [3.05, 3.63) is 46.8 Å². The van der Waals surface area contributed by atoms with Crippen molar-refractivity contribution in [2.24, 2.45) is 0 Å². The number of nitrogens with zero attached hydrogens (tertiary/aromatic N) is 6. The van der Waals surface area contributed by atoms with Crippen LogP contribution < -0.4 is 9.80 Å². The summed E-state index contributed by atoms with van der Waals surface area (Å²) < 4.78 is 4.66. The third kappa shape index (κ3) is 9.30. The maximum atomic E-state index is 11.5. The largest absolute Gasteiger partial charge is 0.478 e. The number of aromatic carboxylic acids is 1. The molecule has 1 N–H and O–H groups in total. The average Bonchev–Trinajstić information content (AvgIpc) is 2.89. The fraction of sp³-hybridized carbons (Fsp3) is 0.440. The molecule has 0 aliphatic rings. The van der Waals surface area contributed by atoms with E-state index in [4.69, 9.17) is 15.6 Å². The lowest BCUT2D eigenvalue weighted by Gasteiger charge is -2.18. The molecule has 2 aromatic heterocycles. The SMILES string of the molecule is CCCCN(C)c1cc(C(=O)O)cc(C#N)n1.CCCCN(C)c1cc(C(=O)OC)cc(C#N)n1. The third-order valence-corrected chi connectivity index (χ3v) is 5.00. The number of carboxylic acid groups (broad SMARTS) is 1. The normalized spacial score (nSPS) is 9.69. The van der Waals surface area contributed by atoms with E-state index in [0.29, 0.717) is 17.2 Å². The topological polar surface area (TPSA) is 143 Å². The van der Waals surface area contributed by atoms with Crippen LogP contribution in [0, 0.1) is 22.7 Å². The molecule has 186 valence electrons. The highest BCUT2D eigenvalue weighted by Crippen LogP contribution is 2.16. The molecule has 10 heteroatoms. The number of carboxylic acids is 1. The minimum Gasteiger partial charge on any atom is -0.478 e. The van der Waals surface area contributed by atoms with Gasteiger partial charge in [-0.05, 0) is 37.1 Å². The van der Waals surface area contributed by atoms with Crippen LogP contribution in [0.4, 0.5) is 11.6 Å². The van der Waals surface area contributed by atoms with Crippen LogP contribution in [0.25, 0.3) is 0 Å². The smallest absolute Gasteiger partial charge is 0.338 e. The Kier molecular flexibility index (Phi) is 12.3. The zero-order chi connectivity index (χ0) is 26.4. The van der Waals surface area contributed by atoms with Gasteiger partial charge in [-0.2, -0.15) is 10.5 Å². The number of rotatable bonds is 10. The van der Waals surface area contributed by atoms with E-state index in [9.17, 15) is 9.59 Å². The van der Waals surface area contributed by atoms with Gasteiger partial charge < -0.3 is 19.6 Å². The van der Waals surface area contributed by atoms with Crippen molar-refractivity contribution in [3.8, 4) is 12.1 Å². The first-order valence-electron chi connectivity index (χ1n) is 11.3. The second-order valence-corrected chi connectivity index (χ2v) is 7.77. The summed E-state index contributed by atoms with van der Waals surface area (Å²) >= 11 is 0. The number of unbranched alkanes of at least 4 members (excludes halogenated alkanes) is 2. The fourth-order valence-corrected chi connectivity index (χ4v) is 2.92. The Balaban J connectivity index is 0.000000351. The van der Waals surface area contributed by atoms with Crippen LogP contribution in [0.5, 0.6) is 0 Å². The van der Waals surface area contributed by atoms with Gasteiger partial charge in [0.05, 0.1) is 18.2 Å². The molecule has 0 amide bonds. The molecular weight excluding hydrogens is 448 g/mol. The molecule has 0 radical (unpaired) electrons. The molecule has 0 atom stereocenters. The Bertz CT molecular complexity index is 1090. The lowest BCUT2D eigenvalue weighted by Crippen LogP contribution is -2.20. The predicted octanol–water partition coefficient (Wildman–Crippen LogP) is 3.86. The molecule has 2 aromatic rings. The van der Waals surface area contributed by atoms with Crippen molar-refractivity contribution in [2.45, 2.75) is 39.5 Å². The number of esters is 1. The molecule has 0 aliphatic carbocycles. The molecule has 0 saturated heterocycles. The maximum Gasteiger partial charge on any atom is 0.338 e. The Hall–Kier alpha value is -4.18. The van der Waals surface area contributed by atoms with Crippen LogP contribution in [0.1, 0.15) is 71.6 Å². The number of aromatic nitrogens is 2. The molecule has 0 saturated carbocycles. The zero-order valence-electron chi connectivity index (χ0n) is 20.9. The van der Waals surface area contributed by atoms with E-state index in [1.165, 1.54) is 25.3 Å². The first kappa shape index (κ1) is 28.9. The molecule has 0 fully saturated rings. The van der Waals surface area contributed by atoms with Crippen LogP contribution >= 0.6 is 0 Å². The van der Waals surface area contributed by atoms with Gasteiger partial charge in [0.1, 0.15) is 35.2 Å². The summed E-state index contributed by atoms with van der Waals surface area (Å²) in [7, 11) is 5.04. The highest BCUT2D eigenvalue weighted by Gasteiger charge is 2.13. The van der Waals surface area contributed by atoms with Crippen molar-refractivity contribution in [1.29, 1.82) is 10.5 Å². The summed E-state index contributed by atoms with van der Waals surface area (Å²) in [5.74, 6) is -0.370. The molecular formula is C25H32N6O4. The Labute approximate surface area is 206 Å². The number of nitriles is 2. The Morgan fingerprint density at radius 3 is 1.69 bits per heavy atom. The van der Waals surface area contributed by atoms with Crippen LogP contribution in [0.3, 0.4) is 0 Å². The minimum absolute atomic E-state index is 0.0925. The number of methoxy groups -OCH3 is 1. The Morgan fingerprint density at radius 2 is 1.31 bits per heavy atom. The van der Waals surface area contributed by atoms with Crippen molar-refractivity contribution in [2.75, 3.05) is 44.1 Å². The van der Waals surface area contributed by atoms with Crippen molar-refractivity contribution in [1.82, 2.24) is 9.97 Å². The number of hydrogen-bond donors (Lipinski definition) is 1. The lowest BCUT2D eigenvalue weighted by molar-refractivity contribution is 0.0599. The van der Waals surface area contributed by atoms with E-state index in [2.05, 4.69) is 28.6 Å². The second kappa shape index (κ2) is 14.9. The van der Waals surface area contributed by atoms with Crippen molar-refractivity contribution >= 4 is 23.6 Å². The number of carbonyl (C=O) groups excluding carboxylic acids is 1. The molecule has 0 aromatic carbocycles. The van der Waals surface area contributed by atoms with Crippen molar-refractivity contribution < 1.29 is 19.4 Å². The maximum absolute atomic E-state index is 11.5. The molecule has 10 nitrogen and oxygen atoms in total. The van der Waals surface area contributed by atoms with E-state index in [1.54, 1.807) is 6.07 Å². The van der Waals surface area contributed by atoms with Crippen LogP contribution in [-0.4, -0.2) is 61.3 Å². The monoisotopic (exact) mass is 480 g/mol. The molecule has 0 spiro atoms. The van der Waals surface area contributed by atoms with Crippen LogP contribution in [0.15, 0.2) is 24.3 Å². The number of hydrogen-bond acceptors (Lipinski definition) is 9. The van der Waals surface area contributed by atoms with E-state index < -0.39 is 11.9 Å². The predicted molar refractivity (Wildman–Crippen MR) is 133 cm³/mol. The first-order valence-corrected chi connectivity index (χ1v) is 11.3. The highest BCUT2D eigenvalue weighted by molar-refractivity contribution is 5.90. The molecule has 0 unspecified atom stereocenters. The summed E-state index contributed by atoms with van der Waals surface area (Å²) in [6, 6.07) is 9.66. The van der Waals surface area contributed by atoms with E-state index in [-0.39, 0.29) is 17.0 Å². The van der Waals surface area contributed by atoms with Gasteiger partial charge in [-0.3, -0.25) is 0 Å². The first-order chi connectivity index (χ1) is 16.7. The lowest BCUT2D eigenvalue weighted by atomic mass is 10.2. The summed E-state index contributed by atoms with van der Waals surface area (Å²) in [5, 5.41) is 26.6. The summed E-state index contributed by atoms with van der Waals surface area (Å²) in [5.41, 5.74) is 0.789. The average molecular weight is 481 g/mol. The summed E-state index contributed by atoms with van der Waals surface area (Å²) in [6.45, 7) is 5.80. The van der Waals surface area contributed by atoms with Gasteiger partial charge in [0.25, 0.3) is 0 Å². The molecule has 0 aliphatic heterocycles. The van der Waals surface area contributed by atoms with Crippen LogP contribution in [0.2, 0.25) is 0 Å². The number of carbonyl (C=O) groups is 2. The van der Waals surface area contributed by atoms with E-state index in [0.717, 1.165) is 38.8 Å². The molecule has 0 bridgehead atoms. The van der Waals surface area contributed by atoms with Gasteiger partial charge in [0, 0.05) is 27.2 Å². The summed E-state index contributed by atoms with van der Waals surface area (Å²) in [4.78, 5) is 34.4. The number of anilines is 2. The second-order valence-electron chi connectivity index (χ2n) is 7.77. The third-order valence-electron chi connectivity index (χ3n) is 5.00. The molecule has 2 rings (SSSR count). The summed E-state index contributed by atoms with van der Waals surface area (Å²) in [6.07, 6.45) is 4.15. The van der Waals surface area contributed by atoms with Gasteiger partial charge in [0.2, 0.25) is 0 Å². The van der Waals surface area contributed by atoms with E-state index in [1.807, 2.05) is 36.0 Å². The Morgan fingerprint density at radius 1 is 0.886 bits per heavy atom. The fourth-order valence-electron chi connectivity index (χ4n) is 2.92. The number of ether oxygens (including phenoxy) is 1. The number of pyridine rings is 2. The van der Waals surface area contributed by atoms with Crippen LogP contribution in [-0.2, 0) is 4.74 Å². The zero-order valence-corrected chi connectivity index (χ0v) is 20.9. The van der Waals surface area contributed by atoms with Crippen molar-refractivity contribution in [3.63, 3.8) is 0 Å². The van der Waals surface area contributed by atoms with Gasteiger partial charge in [0.15, 0.2) is 0 Å². The van der Waals surface area contributed by atoms with Gasteiger partial charge in [-0.25, -0.2) is 19.6 Å². The molecule has 2 heterocycles.